The molecule has 0 aliphatic carbocycles. The predicted molar refractivity (Wildman–Crippen MR) is 127 cm³/mol. The lowest BCUT2D eigenvalue weighted by atomic mass is 10.1. The summed E-state index contributed by atoms with van der Waals surface area (Å²) < 4.78 is 23.0. The van der Waals surface area contributed by atoms with Gasteiger partial charge in [-0.05, 0) is 71.9 Å². The van der Waals surface area contributed by atoms with Gasteiger partial charge in [0.25, 0.3) is 5.91 Å². The lowest BCUT2D eigenvalue weighted by Crippen LogP contribution is -2.14. The van der Waals surface area contributed by atoms with Crippen LogP contribution in [-0.2, 0) is 0 Å². The summed E-state index contributed by atoms with van der Waals surface area (Å²) in [7, 11) is 1.58. The molecule has 0 aliphatic rings. The van der Waals surface area contributed by atoms with Gasteiger partial charge in [-0.25, -0.2) is 9.07 Å². The maximum absolute atomic E-state index is 14.7. The lowest BCUT2D eigenvalue weighted by molar-refractivity contribution is 0.102. The van der Waals surface area contributed by atoms with Gasteiger partial charge in [0.2, 0.25) is 0 Å². The van der Waals surface area contributed by atoms with E-state index >= 15 is 0 Å². The first-order chi connectivity index (χ1) is 17.0. The zero-order chi connectivity index (χ0) is 24.4. The van der Waals surface area contributed by atoms with Crippen molar-refractivity contribution in [1.82, 2.24) is 30.0 Å². The molecule has 0 fully saturated rings. The van der Waals surface area contributed by atoms with Crippen LogP contribution in [-0.4, -0.2) is 43.0 Å². The molecule has 5 aromatic rings. The van der Waals surface area contributed by atoms with E-state index in [9.17, 15) is 9.18 Å². The SMILES string of the molecule is COc1ccc(-c2nn(-c3ccccc3)cc2C(=O)Nc2cc(-n3nnnc3C)ccc2F)cc1. The van der Waals surface area contributed by atoms with Crippen molar-refractivity contribution in [2.75, 3.05) is 12.4 Å². The van der Waals surface area contributed by atoms with E-state index < -0.39 is 11.7 Å². The number of amides is 1. The molecular weight excluding hydrogens is 449 g/mol. The number of nitrogens with zero attached hydrogens (tertiary/aromatic N) is 6. The topological polar surface area (TPSA) is 99.8 Å². The number of methoxy groups -OCH3 is 1. The molecule has 2 aromatic heterocycles. The Morgan fingerprint density at radius 2 is 1.77 bits per heavy atom. The monoisotopic (exact) mass is 469 g/mol. The van der Waals surface area contributed by atoms with Crippen molar-refractivity contribution < 1.29 is 13.9 Å². The lowest BCUT2D eigenvalue weighted by Gasteiger charge is -2.09. The molecule has 5 rings (SSSR count). The number of nitrogens with one attached hydrogen (secondary N) is 1. The fourth-order valence-corrected chi connectivity index (χ4v) is 3.62. The number of carbonyl (C=O) groups is 1. The van der Waals surface area contributed by atoms with Crippen molar-refractivity contribution in [1.29, 1.82) is 0 Å². The number of aromatic nitrogens is 6. The summed E-state index contributed by atoms with van der Waals surface area (Å²) in [6.45, 7) is 1.72. The van der Waals surface area contributed by atoms with Crippen molar-refractivity contribution in [3.05, 3.63) is 96.2 Å². The van der Waals surface area contributed by atoms with E-state index in [1.165, 1.54) is 22.9 Å². The minimum atomic E-state index is -0.589. The van der Waals surface area contributed by atoms with Crippen molar-refractivity contribution in [2.45, 2.75) is 6.92 Å². The van der Waals surface area contributed by atoms with Crippen LogP contribution in [0.2, 0.25) is 0 Å². The fraction of sp³-hybridized carbons (Fsp3) is 0.0800. The summed E-state index contributed by atoms with van der Waals surface area (Å²) in [5.74, 6) is 0.107. The smallest absolute Gasteiger partial charge is 0.259 e. The summed E-state index contributed by atoms with van der Waals surface area (Å²) in [6, 6.07) is 20.9. The maximum atomic E-state index is 14.7. The molecule has 1 amide bonds. The quantitative estimate of drug-likeness (QED) is 0.400. The number of rotatable bonds is 6. The molecule has 0 unspecified atom stereocenters. The highest BCUT2D eigenvalue weighted by atomic mass is 19.1. The largest absolute Gasteiger partial charge is 0.497 e. The highest BCUT2D eigenvalue weighted by molar-refractivity contribution is 6.08. The van der Waals surface area contributed by atoms with Crippen LogP contribution in [0.3, 0.4) is 0 Å². The minimum Gasteiger partial charge on any atom is -0.497 e. The number of hydrogen-bond acceptors (Lipinski definition) is 6. The van der Waals surface area contributed by atoms with Crippen LogP contribution >= 0.6 is 0 Å². The Bertz CT molecular complexity index is 1490. The zero-order valence-electron chi connectivity index (χ0n) is 18.9. The predicted octanol–water partition coefficient (Wildman–Crippen LogP) is 4.22. The van der Waals surface area contributed by atoms with Gasteiger partial charge in [0, 0.05) is 11.8 Å². The molecular formula is C25H20FN7O2. The average molecular weight is 469 g/mol. The van der Waals surface area contributed by atoms with Gasteiger partial charge in [-0.1, -0.05) is 18.2 Å². The number of hydrogen-bond donors (Lipinski definition) is 1. The number of aryl methyl sites for hydroxylation is 1. The van der Waals surface area contributed by atoms with E-state index in [1.807, 2.05) is 42.5 Å². The van der Waals surface area contributed by atoms with Crippen LogP contribution in [0, 0.1) is 12.7 Å². The van der Waals surface area contributed by atoms with E-state index in [4.69, 9.17) is 4.74 Å². The molecule has 0 aliphatic heterocycles. The second-order valence-corrected chi connectivity index (χ2v) is 7.66. The molecule has 0 saturated heterocycles. The number of tetrazole rings is 1. The van der Waals surface area contributed by atoms with Gasteiger partial charge >= 0.3 is 0 Å². The van der Waals surface area contributed by atoms with Crippen molar-refractivity contribution in [3.63, 3.8) is 0 Å². The van der Waals surface area contributed by atoms with E-state index in [1.54, 1.807) is 37.0 Å². The molecule has 2 heterocycles. The van der Waals surface area contributed by atoms with Gasteiger partial charge in [-0.15, -0.1) is 5.10 Å². The number of para-hydroxylation sites is 1. The molecule has 3 aromatic carbocycles. The summed E-state index contributed by atoms with van der Waals surface area (Å²) in [6.07, 6.45) is 1.62. The molecule has 1 N–H and O–H groups in total. The van der Waals surface area contributed by atoms with Gasteiger partial charge in [-0.2, -0.15) is 9.78 Å². The van der Waals surface area contributed by atoms with Crippen molar-refractivity contribution in [2.24, 2.45) is 0 Å². The van der Waals surface area contributed by atoms with Gasteiger partial charge in [-0.3, -0.25) is 4.79 Å². The number of ether oxygens (including phenoxy) is 1. The first-order valence-electron chi connectivity index (χ1n) is 10.7. The normalized spacial score (nSPS) is 10.8. The Hall–Kier alpha value is -4.86. The summed E-state index contributed by atoms with van der Waals surface area (Å²) in [5.41, 5.74) is 2.73. The van der Waals surface area contributed by atoms with E-state index in [-0.39, 0.29) is 11.3 Å². The van der Waals surface area contributed by atoms with Crippen molar-refractivity contribution in [3.8, 4) is 28.4 Å². The van der Waals surface area contributed by atoms with Crippen LogP contribution in [0.15, 0.2) is 79.0 Å². The van der Waals surface area contributed by atoms with Crippen LogP contribution in [0.1, 0.15) is 16.2 Å². The molecule has 174 valence electrons. The molecule has 0 atom stereocenters. The average Bonchev–Trinajstić information content (AvgIpc) is 3.53. The second-order valence-electron chi connectivity index (χ2n) is 7.66. The van der Waals surface area contributed by atoms with Crippen LogP contribution in [0.4, 0.5) is 10.1 Å². The minimum absolute atomic E-state index is 0.00413. The third-order valence-corrected chi connectivity index (χ3v) is 5.41. The Labute approximate surface area is 199 Å². The second kappa shape index (κ2) is 9.18. The van der Waals surface area contributed by atoms with Crippen molar-refractivity contribution >= 4 is 11.6 Å². The highest BCUT2D eigenvalue weighted by Crippen LogP contribution is 2.27. The number of halogens is 1. The van der Waals surface area contributed by atoms with E-state index in [2.05, 4.69) is 25.9 Å². The Morgan fingerprint density at radius 3 is 2.46 bits per heavy atom. The zero-order valence-corrected chi connectivity index (χ0v) is 18.9. The third kappa shape index (κ3) is 4.36. The summed E-state index contributed by atoms with van der Waals surface area (Å²) >= 11 is 0. The van der Waals surface area contributed by atoms with Crippen LogP contribution < -0.4 is 10.1 Å². The number of carbonyl (C=O) groups excluding carboxylic acids is 1. The number of benzene rings is 3. The Morgan fingerprint density at radius 1 is 1.00 bits per heavy atom. The van der Waals surface area contributed by atoms with Crippen LogP contribution in [0.5, 0.6) is 5.75 Å². The molecule has 0 saturated carbocycles. The Kier molecular flexibility index (Phi) is 5.76. The van der Waals surface area contributed by atoms with Gasteiger partial charge in [0.1, 0.15) is 17.3 Å². The standard InChI is InChI=1S/C25H20FN7O2/c1-16-28-30-31-33(16)19-10-13-22(26)23(14-19)27-25(34)21-15-32(18-6-4-3-5-7-18)29-24(21)17-8-11-20(35-2)12-9-17/h3-15H,1-2H3,(H,27,34). The first-order valence-corrected chi connectivity index (χ1v) is 10.7. The fourth-order valence-electron chi connectivity index (χ4n) is 3.62. The van der Waals surface area contributed by atoms with Crippen LogP contribution in [0.25, 0.3) is 22.6 Å². The Balaban J connectivity index is 1.54. The molecule has 0 spiro atoms. The number of anilines is 1. The molecule has 0 bridgehead atoms. The maximum Gasteiger partial charge on any atom is 0.259 e. The first kappa shape index (κ1) is 22.0. The van der Waals surface area contributed by atoms with Gasteiger partial charge < -0.3 is 10.1 Å². The van der Waals surface area contributed by atoms with E-state index in [0.29, 0.717) is 28.5 Å². The summed E-state index contributed by atoms with van der Waals surface area (Å²) in [5, 5.41) is 18.7. The third-order valence-electron chi connectivity index (χ3n) is 5.41. The molecule has 35 heavy (non-hydrogen) atoms. The molecule has 0 radical (unpaired) electrons. The molecule has 10 heteroatoms. The summed E-state index contributed by atoms with van der Waals surface area (Å²) in [4.78, 5) is 13.4. The highest BCUT2D eigenvalue weighted by Gasteiger charge is 2.20. The molecule has 9 nitrogen and oxygen atoms in total. The van der Waals surface area contributed by atoms with Gasteiger partial charge in [0.15, 0.2) is 5.82 Å². The van der Waals surface area contributed by atoms with Gasteiger partial charge in [0.05, 0.1) is 29.7 Å². The van der Waals surface area contributed by atoms with E-state index in [0.717, 1.165) is 5.69 Å².